The van der Waals surface area contributed by atoms with Gasteiger partial charge in [-0.15, -0.1) is 0 Å². The molecule has 1 rings (SSSR count). The first-order valence-electron chi connectivity index (χ1n) is 4.89. The van der Waals surface area contributed by atoms with Gasteiger partial charge in [0.1, 0.15) is 11.6 Å². The molecule has 0 saturated heterocycles. The van der Waals surface area contributed by atoms with E-state index in [4.69, 9.17) is 0 Å². The molecule has 0 N–H and O–H groups in total. The fourth-order valence-electron chi connectivity index (χ4n) is 1.48. The second-order valence-electron chi connectivity index (χ2n) is 4.01. The van der Waals surface area contributed by atoms with Gasteiger partial charge in [-0.2, -0.15) is 0 Å². The van der Waals surface area contributed by atoms with Crippen LogP contribution in [0, 0.1) is 5.82 Å². The van der Waals surface area contributed by atoms with Gasteiger partial charge in [-0.25, -0.2) is 4.39 Å². The Labute approximate surface area is 97.8 Å². The van der Waals surface area contributed by atoms with Gasteiger partial charge in [0.15, 0.2) is 0 Å². The molecule has 0 saturated carbocycles. The SMILES string of the molecule is CC(=O)Cc1cc(Br)c(F)c(C(C)C)c1. The van der Waals surface area contributed by atoms with Crippen LogP contribution in [0.3, 0.4) is 0 Å². The standard InChI is InChI=1S/C12H14BrFO/c1-7(2)10-5-9(4-8(3)15)6-11(13)12(10)14/h5-7H,4H2,1-3H3. The van der Waals surface area contributed by atoms with E-state index >= 15 is 0 Å². The molecule has 0 aliphatic heterocycles. The summed E-state index contributed by atoms with van der Waals surface area (Å²) < 4.78 is 14.1. The Kier molecular flexibility index (Phi) is 4.03. The number of ketones is 1. The van der Waals surface area contributed by atoms with E-state index in [0.717, 1.165) is 5.56 Å². The number of carbonyl (C=O) groups excluding carboxylic acids is 1. The first kappa shape index (κ1) is 12.4. The predicted molar refractivity (Wildman–Crippen MR) is 62.6 cm³/mol. The molecule has 3 heteroatoms. The lowest BCUT2D eigenvalue weighted by molar-refractivity contribution is -0.116. The summed E-state index contributed by atoms with van der Waals surface area (Å²) in [6.07, 6.45) is 0.360. The van der Waals surface area contributed by atoms with E-state index in [9.17, 15) is 9.18 Å². The number of halogens is 2. The number of rotatable bonds is 3. The van der Waals surface area contributed by atoms with Crippen molar-refractivity contribution in [3.8, 4) is 0 Å². The van der Waals surface area contributed by atoms with Gasteiger partial charge in [-0.3, -0.25) is 4.79 Å². The molecule has 82 valence electrons. The molecule has 15 heavy (non-hydrogen) atoms. The smallest absolute Gasteiger partial charge is 0.140 e. The maximum Gasteiger partial charge on any atom is 0.140 e. The monoisotopic (exact) mass is 272 g/mol. The highest BCUT2D eigenvalue weighted by Gasteiger charge is 2.12. The van der Waals surface area contributed by atoms with Crippen molar-refractivity contribution in [3.63, 3.8) is 0 Å². The Morgan fingerprint density at radius 2 is 2.07 bits per heavy atom. The van der Waals surface area contributed by atoms with Crippen LogP contribution in [0.15, 0.2) is 16.6 Å². The van der Waals surface area contributed by atoms with Gasteiger partial charge in [0.05, 0.1) is 4.47 Å². The lowest BCUT2D eigenvalue weighted by atomic mass is 9.98. The van der Waals surface area contributed by atoms with E-state index in [-0.39, 0.29) is 17.5 Å². The molecule has 0 aromatic heterocycles. The molecule has 0 amide bonds. The topological polar surface area (TPSA) is 17.1 Å². The summed E-state index contributed by atoms with van der Waals surface area (Å²) in [4.78, 5) is 11.0. The summed E-state index contributed by atoms with van der Waals surface area (Å²) in [5.41, 5.74) is 1.51. The molecule has 1 aromatic rings. The predicted octanol–water partition coefficient (Wildman–Crippen LogP) is 3.84. The van der Waals surface area contributed by atoms with Crippen LogP contribution in [-0.4, -0.2) is 5.78 Å². The minimum atomic E-state index is -0.225. The summed E-state index contributed by atoms with van der Waals surface area (Å²) in [5.74, 6) is -0.0197. The molecule has 0 unspecified atom stereocenters. The van der Waals surface area contributed by atoms with E-state index in [1.54, 1.807) is 12.1 Å². The van der Waals surface area contributed by atoms with Gasteiger partial charge in [0, 0.05) is 6.42 Å². The lowest BCUT2D eigenvalue weighted by Crippen LogP contribution is -2.01. The molecule has 1 aromatic carbocycles. The second kappa shape index (κ2) is 4.88. The van der Waals surface area contributed by atoms with Crippen molar-refractivity contribution in [2.75, 3.05) is 0 Å². The van der Waals surface area contributed by atoms with Crippen molar-refractivity contribution < 1.29 is 9.18 Å². The van der Waals surface area contributed by atoms with Gasteiger partial charge in [-0.1, -0.05) is 19.9 Å². The van der Waals surface area contributed by atoms with Gasteiger partial charge in [0.25, 0.3) is 0 Å². The van der Waals surface area contributed by atoms with Gasteiger partial charge in [0.2, 0.25) is 0 Å². The van der Waals surface area contributed by atoms with Crippen LogP contribution >= 0.6 is 15.9 Å². The van der Waals surface area contributed by atoms with Crippen LogP contribution < -0.4 is 0 Å². The lowest BCUT2D eigenvalue weighted by Gasteiger charge is -2.10. The minimum absolute atomic E-state index is 0.0863. The number of benzene rings is 1. The van der Waals surface area contributed by atoms with Crippen molar-refractivity contribution in [1.29, 1.82) is 0 Å². The number of carbonyl (C=O) groups is 1. The first-order valence-corrected chi connectivity index (χ1v) is 5.68. The van der Waals surface area contributed by atoms with E-state index in [1.165, 1.54) is 6.92 Å². The van der Waals surface area contributed by atoms with Crippen molar-refractivity contribution in [2.24, 2.45) is 0 Å². The average Bonchev–Trinajstić information content (AvgIpc) is 2.09. The third-order valence-electron chi connectivity index (χ3n) is 2.19. The third kappa shape index (κ3) is 3.13. The molecular weight excluding hydrogens is 259 g/mol. The van der Waals surface area contributed by atoms with Crippen LogP contribution in [0.1, 0.15) is 37.8 Å². The number of hydrogen-bond acceptors (Lipinski definition) is 1. The second-order valence-corrected chi connectivity index (χ2v) is 4.87. The van der Waals surface area contributed by atoms with Crippen LogP contribution in [0.5, 0.6) is 0 Å². The maximum atomic E-state index is 13.6. The molecule has 0 bridgehead atoms. The molecule has 0 spiro atoms. The Morgan fingerprint density at radius 1 is 1.47 bits per heavy atom. The highest BCUT2D eigenvalue weighted by molar-refractivity contribution is 9.10. The van der Waals surface area contributed by atoms with Crippen molar-refractivity contribution in [3.05, 3.63) is 33.5 Å². The van der Waals surface area contributed by atoms with Gasteiger partial charge in [-0.05, 0) is 46.0 Å². The fourth-order valence-corrected chi connectivity index (χ4v) is 2.00. The van der Waals surface area contributed by atoms with Crippen LogP contribution in [0.2, 0.25) is 0 Å². The van der Waals surface area contributed by atoms with E-state index in [2.05, 4.69) is 15.9 Å². The molecule has 0 fully saturated rings. The summed E-state index contributed by atoms with van der Waals surface area (Å²) in [6, 6.07) is 3.44. The molecular formula is C12H14BrFO. The average molecular weight is 273 g/mol. The fraction of sp³-hybridized carbons (Fsp3) is 0.417. The Balaban J connectivity index is 3.17. The molecule has 0 radical (unpaired) electrons. The molecule has 0 atom stereocenters. The normalized spacial score (nSPS) is 10.8. The molecule has 0 aliphatic carbocycles. The maximum absolute atomic E-state index is 13.6. The van der Waals surface area contributed by atoms with E-state index < -0.39 is 0 Å². The summed E-state index contributed by atoms with van der Waals surface area (Å²) in [5, 5.41) is 0. The first-order chi connectivity index (χ1) is 6.91. The summed E-state index contributed by atoms with van der Waals surface area (Å²) in [6.45, 7) is 5.40. The molecule has 1 nitrogen and oxygen atoms in total. The quantitative estimate of drug-likeness (QED) is 0.817. The van der Waals surface area contributed by atoms with Crippen molar-refractivity contribution in [2.45, 2.75) is 33.1 Å². The third-order valence-corrected chi connectivity index (χ3v) is 2.77. The molecule has 0 heterocycles. The highest BCUT2D eigenvalue weighted by Crippen LogP contribution is 2.27. The van der Waals surface area contributed by atoms with Gasteiger partial charge >= 0.3 is 0 Å². The zero-order valence-electron chi connectivity index (χ0n) is 9.10. The molecule has 0 aliphatic rings. The number of hydrogen-bond donors (Lipinski definition) is 0. The largest absolute Gasteiger partial charge is 0.300 e. The van der Waals surface area contributed by atoms with E-state index in [0.29, 0.717) is 16.5 Å². The summed E-state index contributed by atoms with van der Waals surface area (Å²) in [7, 11) is 0. The van der Waals surface area contributed by atoms with E-state index in [1.807, 2.05) is 13.8 Å². The van der Waals surface area contributed by atoms with Crippen molar-refractivity contribution in [1.82, 2.24) is 0 Å². The Morgan fingerprint density at radius 3 is 2.53 bits per heavy atom. The Hall–Kier alpha value is -0.700. The minimum Gasteiger partial charge on any atom is -0.300 e. The van der Waals surface area contributed by atoms with Gasteiger partial charge < -0.3 is 0 Å². The van der Waals surface area contributed by atoms with Crippen LogP contribution in [0.25, 0.3) is 0 Å². The Bertz CT molecular complexity index is 385. The highest BCUT2D eigenvalue weighted by atomic mass is 79.9. The van der Waals surface area contributed by atoms with Crippen LogP contribution in [-0.2, 0) is 11.2 Å². The van der Waals surface area contributed by atoms with Crippen LogP contribution in [0.4, 0.5) is 4.39 Å². The summed E-state index contributed by atoms with van der Waals surface area (Å²) >= 11 is 3.17. The zero-order chi connectivity index (χ0) is 11.6. The zero-order valence-corrected chi connectivity index (χ0v) is 10.7. The van der Waals surface area contributed by atoms with Crippen molar-refractivity contribution >= 4 is 21.7 Å². The number of Topliss-reactive ketones (excluding diaryl/α,β-unsaturated/α-hetero) is 1.